The number of rotatable bonds is 12. The summed E-state index contributed by atoms with van der Waals surface area (Å²) < 4.78 is 39.6. The van der Waals surface area contributed by atoms with Crippen molar-refractivity contribution >= 4 is 163 Å². The third-order valence-corrected chi connectivity index (χ3v) is 31.5. The number of aryl methyl sites for hydroxylation is 4. The van der Waals surface area contributed by atoms with Gasteiger partial charge in [-0.1, -0.05) is 386 Å². The zero-order chi connectivity index (χ0) is 101. The summed E-state index contributed by atoms with van der Waals surface area (Å²) in [6.45, 7) is 22.3. The molecule has 714 valence electrons. The van der Waals surface area contributed by atoms with Crippen molar-refractivity contribution in [3.05, 3.63) is 470 Å². The van der Waals surface area contributed by atoms with Crippen molar-refractivity contribution in [2.45, 2.75) is 80.1 Å². The summed E-state index contributed by atoms with van der Waals surface area (Å²) in [6.07, 6.45) is 0. The molecule has 6 aromatic heterocycles. The fourth-order valence-corrected chi connectivity index (χ4v) is 23.7. The Kier molecular flexibility index (Phi) is 20.6. The van der Waals surface area contributed by atoms with Gasteiger partial charge in [-0.3, -0.25) is 0 Å². The minimum atomic E-state index is 0.0196. The van der Waals surface area contributed by atoms with Crippen molar-refractivity contribution in [2.75, 3.05) is 0 Å². The van der Waals surface area contributed by atoms with E-state index in [0.29, 0.717) is 0 Å². The fraction of sp³-hybridized carbons (Fsp3) is 0.0833. The maximum atomic E-state index is 6.63. The highest BCUT2D eigenvalue weighted by Crippen LogP contribution is 2.56. The molecule has 0 aliphatic heterocycles. The molecule has 0 fully saturated rings. The zero-order valence-corrected chi connectivity index (χ0v) is 85.0. The van der Waals surface area contributed by atoms with Crippen LogP contribution in [-0.4, -0.2) is 0 Å². The molecule has 0 atom stereocenters. The van der Waals surface area contributed by atoms with Crippen molar-refractivity contribution in [3.8, 4) is 135 Å². The predicted molar refractivity (Wildman–Crippen MR) is 631 cm³/mol. The molecule has 0 aliphatic carbocycles. The average molecular weight is 1930 g/mol. The van der Waals surface area contributed by atoms with Gasteiger partial charge < -0.3 is 26.5 Å². The van der Waals surface area contributed by atoms with E-state index in [-0.39, 0.29) is 10.8 Å². The Morgan fingerprint density at radius 1 is 0.147 bits per heavy atom. The second kappa shape index (κ2) is 34.7. The highest BCUT2D eigenvalue weighted by atomic mass is 16.4. The standard InChI is InChI=1S/2C49H36O2.C46H30O2/c1-29-16-18-30(19-17-29)39-27-41(45-25-32-10-5-7-14-43(32)50-45)37-23-21-36-40(31-12-9-13-34(24-31)49(2,3)4)28-42(38-22-20-35(39)47(37)48(36)38)46-26-33-11-6-8-15-44(33)51-46;1-29-13-15-30(16-14-29)39-27-41(45-25-32-9-5-7-11-43(32)50-45)37-24-22-36-40(31-17-19-34(20-18-31)49(2,3)4)28-42(38-23-21-35(39)47(37)48(36)38)46-26-33-10-6-8-12-44(33)51-46;1-27-15-17-29(18-16-27)37-25-39(43-23-30-10-4-7-13-41(30)47-43)35-22-20-34-38(32-12-6-3-9-28(32)2)26-40(36-21-19-33(37)45(35)46(34)36)44-24-31-11-5-8-14-42(31)48-44/h2*5-28H,1-4H3;3-26H,1-2H3. The van der Waals surface area contributed by atoms with E-state index in [4.69, 9.17) is 26.5 Å². The van der Waals surface area contributed by atoms with Crippen LogP contribution in [0.15, 0.2) is 463 Å². The third kappa shape index (κ3) is 15.0. The highest BCUT2D eigenvalue weighted by Gasteiger charge is 2.31. The smallest absolute Gasteiger partial charge is 0.136 e. The number of hydrogen-bond acceptors (Lipinski definition) is 6. The van der Waals surface area contributed by atoms with Crippen LogP contribution in [0, 0.1) is 27.7 Å². The molecule has 24 aromatic carbocycles. The first-order valence-electron chi connectivity index (χ1n) is 52.0. The summed E-state index contributed by atoms with van der Waals surface area (Å²) in [5.41, 5.74) is 34.0. The van der Waals surface area contributed by atoms with E-state index in [2.05, 4.69) is 439 Å². The van der Waals surface area contributed by atoms with Crippen LogP contribution in [0.2, 0.25) is 0 Å². The summed E-state index contributed by atoms with van der Waals surface area (Å²) >= 11 is 0. The summed E-state index contributed by atoms with van der Waals surface area (Å²) in [5, 5.41) is 28.5. The Bertz CT molecular complexity index is 10400. The van der Waals surface area contributed by atoms with Gasteiger partial charge in [-0.25, -0.2) is 0 Å². The predicted octanol–water partition coefficient (Wildman–Crippen LogP) is 42.1. The molecular formula is C144H102O6. The summed E-state index contributed by atoms with van der Waals surface area (Å²) in [7, 11) is 0. The molecule has 6 heteroatoms. The lowest BCUT2D eigenvalue weighted by molar-refractivity contribution is 0.590. The van der Waals surface area contributed by atoms with Gasteiger partial charge in [0.2, 0.25) is 0 Å². The second-order valence-electron chi connectivity index (χ2n) is 43.0. The molecule has 0 radical (unpaired) electrons. The first kappa shape index (κ1) is 89.3. The molecule has 0 unspecified atom stereocenters. The van der Waals surface area contributed by atoms with E-state index < -0.39 is 0 Å². The molecule has 0 N–H and O–H groups in total. The van der Waals surface area contributed by atoms with E-state index >= 15 is 0 Å². The van der Waals surface area contributed by atoms with Crippen molar-refractivity contribution in [3.63, 3.8) is 0 Å². The summed E-state index contributed by atoms with van der Waals surface area (Å²) in [5.74, 6) is 5.24. The quantitative estimate of drug-likeness (QED) is 0.113. The molecule has 30 rings (SSSR count). The lowest BCUT2D eigenvalue weighted by atomic mass is 9.81. The highest BCUT2D eigenvalue weighted by molar-refractivity contribution is 6.36. The minimum Gasteiger partial charge on any atom is -0.456 e. The van der Waals surface area contributed by atoms with Crippen LogP contribution in [0.25, 0.3) is 297 Å². The van der Waals surface area contributed by atoms with Gasteiger partial charge in [-0.2, -0.15) is 0 Å². The van der Waals surface area contributed by atoms with Crippen LogP contribution >= 0.6 is 0 Å². The minimum absolute atomic E-state index is 0.0196. The van der Waals surface area contributed by atoms with Gasteiger partial charge in [-0.05, 0) is 328 Å². The Labute approximate surface area is 868 Å². The molecule has 0 amide bonds. The molecule has 0 bridgehead atoms. The lowest BCUT2D eigenvalue weighted by Gasteiger charge is -2.22. The van der Waals surface area contributed by atoms with E-state index in [9.17, 15) is 0 Å². The zero-order valence-electron chi connectivity index (χ0n) is 85.0. The van der Waals surface area contributed by atoms with Crippen LogP contribution in [-0.2, 0) is 10.8 Å². The second-order valence-corrected chi connectivity index (χ2v) is 43.0. The largest absolute Gasteiger partial charge is 0.456 e. The molecule has 150 heavy (non-hydrogen) atoms. The molecule has 0 saturated carbocycles. The number of para-hydroxylation sites is 6. The van der Waals surface area contributed by atoms with Crippen molar-refractivity contribution in [2.24, 2.45) is 0 Å². The maximum Gasteiger partial charge on any atom is 0.136 e. The Morgan fingerprint density at radius 3 is 0.607 bits per heavy atom. The summed E-state index contributed by atoms with van der Waals surface area (Å²) in [4.78, 5) is 0. The first-order chi connectivity index (χ1) is 73.2. The normalized spacial score (nSPS) is 12.2. The molecule has 0 spiro atoms. The number of hydrogen-bond donors (Lipinski definition) is 0. The number of furan rings is 6. The lowest BCUT2D eigenvalue weighted by Crippen LogP contribution is -2.10. The van der Waals surface area contributed by atoms with Gasteiger partial charge in [0.15, 0.2) is 0 Å². The first-order valence-corrected chi connectivity index (χ1v) is 52.0. The van der Waals surface area contributed by atoms with Crippen LogP contribution in [0.4, 0.5) is 0 Å². The van der Waals surface area contributed by atoms with Crippen LogP contribution < -0.4 is 0 Å². The Hall–Kier alpha value is -18.4. The average Bonchev–Trinajstić information content (AvgIpc) is 0.876. The van der Waals surface area contributed by atoms with Gasteiger partial charge in [0.1, 0.15) is 68.1 Å². The molecule has 30 aromatic rings. The van der Waals surface area contributed by atoms with Gasteiger partial charge >= 0.3 is 0 Å². The Morgan fingerprint density at radius 2 is 0.360 bits per heavy atom. The van der Waals surface area contributed by atoms with Crippen molar-refractivity contribution < 1.29 is 26.5 Å². The maximum absolute atomic E-state index is 6.63. The van der Waals surface area contributed by atoms with Crippen LogP contribution in [0.1, 0.15) is 74.9 Å². The van der Waals surface area contributed by atoms with Crippen molar-refractivity contribution in [1.29, 1.82) is 0 Å². The number of benzene rings is 24. The molecule has 0 aliphatic rings. The monoisotopic (exact) mass is 1930 g/mol. The van der Waals surface area contributed by atoms with Crippen molar-refractivity contribution in [1.82, 2.24) is 0 Å². The Balaban J connectivity index is 0.000000108. The third-order valence-electron chi connectivity index (χ3n) is 31.5. The van der Waals surface area contributed by atoms with Gasteiger partial charge in [0, 0.05) is 65.7 Å². The van der Waals surface area contributed by atoms with E-state index in [1.165, 1.54) is 197 Å². The molecule has 6 nitrogen and oxygen atoms in total. The van der Waals surface area contributed by atoms with Crippen LogP contribution in [0.5, 0.6) is 0 Å². The van der Waals surface area contributed by atoms with Crippen LogP contribution in [0.3, 0.4) is 0 Å². The van der Waals surface area contributed by atoms with Gasteiger partial charge in [0.05, 0.1) is 0 Å². The fourth-order valence-electron chi connectivity index (χ4n) is 23.7. The van der Waals surface area contributed by atoms with E-state index in [0.717, 1.165) is 134 Å². The van der Waals surface area contributed by atoms with E-state index in [1.54, 1.807) is 0 Å². The molecule has 6 heterocycles. The van der Waals surface area contributed by atoms with Gasteiger partial charge in [0.25, 0.3) is 0 Å². The molecular weight excluding hydrogens is 1830 g/mol. The van der Waals surface area contributed by atoms with Gasteiger partial charge in [-0.15, -0.1) is 0 Å². The summed E-state index contributed by atoms with van der Waals surface area (Å²) in [6, 6.07) is 158. The SMILES string of the molecule is Cc1ccc(-c2cc(-c3cc4ccccc4o3)c3ccc4c(-c5ccc(C(C)(C)C)cc5)cc(-c5cc6ccccc6o5)c5ccc2c3c45)cc1.Cc1ccc(-c2cc(-c3cc4ccccc4o3)c3ccc4c(-c5cccc(C(C)(C)C)c5)cc(-c5cc6ccccc6o5)c5ccc2c3c45)cc1.Cc1ccc(-c2cc(-c3cc4ccccc4o3)c3ccc4c(-c5ccccc5C)cc(-c5cc6ccccc6o5)c5ccc2c3c54)cc1. The van der Waals surface area contributed by atoms with E-state index in [1.807, 2.05) is 66.7 Å². The number of fused-ring (bicyclic) bond motifs is 6. The molecule has 0 saturated heterocycles. The topological polar surface area (TPSA) is 78.8 Å².